The molecule has 1 aliphatic carbocycles. The average molecular weight is 456 g/mol. The molecule has 1 aromatic carbocycles. The molecule has 0 saturated carbocycles. The maximum Gasteiger partial charge on any atom is 0.247 e. The molecule has 1 aromatic rings. The quantitative estimate of drug-likeness (QED) is 0.525. The Bertz CT molecular complexity index is 904. The van der Waals surface area contributed by atoms with Gasteiger partial charge in [-0.25, -0.2) is 0 Å². The zero-order valence-electron chi connectivity index (χ0n) is 20.3. The summed E-state index contributed by atoms with van der Waals surface area (Å²) < 4.78 is 0. The molecule has 6 atom stereocenters. The fourth-order valence-corrected chi connectivity index (χ4v) is 5.59. The number of rotatable bonds is 8. The lowest BCUT2D eigenvalue weighted by Gasteiger charge is -2.34. The van der Waals surface area contributed by atoms with E-state index in [-0.39, 0.29) is 30.2 Å². The molecule has 0 radical (unpaired) electrons. The van der Waals surface area contributed by atoms with E-state index in [1.54, 1.807) is 11.9 Å². The van der Waals surface area contributed by atoms with Crippen molar-refractivity contribution < 1.29 is 19.5 Å². The summed E-state index contributed by atoms with van der Waals surface area (Å²) in [6.45, 7) is 7.58. The van der Waals surface area contributed by atoms with Gasteiger partial charge < -0.3 is 20.6 Å². The summed E-state index contributed by atoms with van der Waals surface area (Å²) in [5, 5.41) is 15.8. The van der Waals surface area contributed by atoms with Gasteiger partial charge in [-0.05, 0) is 43.7 Å². The molecule has 1 fully saturated rings. The monoisotopic (exact) mass is 455 g/mol. The molecule has 180 valence electrons. The van der Waals surface area contributed by atoms with E-state index in [1.165, 1.54) is 0 Å². The molecular weight excluding hydrogens is 418 g/mol. The molecule has 3 amide bonds. The number of aliphatic hydroxyl groups is 1. The van der Waals surface area contributed by atoms with Crippen molar-refractivity contribution >= 4 is 23.4 Å². The number of anilines is 1. The minimum Gasteiger partial charge on any atom is -0.394 e. The first kappa shape index (κ1) is 25.0. The van der Waals surface area contributed by atoms with E-state index < -0.39 is 29.8 Å². The highest BCUT2D eigenvalue weighted by molar-refractivity contribution is 6.02. The number of para-hydroxylation sites is 1. The number of benzene rings is 1. The molecule has 1 aliphatic heterocycles. The Labute approximate surface area is 196 Å². The average Bonchev–Trinajstić information content (AvgIpc) is 3.09. The number of aliphatic hydroxyl groups excluding tert-OH is 1. The van der Waals surface area contributed by atoms with Gasteiger partial charge in [-0.3, -0.25) is 14.4 Å². The van der Waals surface area contributed by atoms with Crippen LogP contribution in [0, 0.1) is 37.5 Å². The van der Waals surface area contributed by atoms with Gasteiger partial charge in [0.25, 0.3) is 0 Å². The summed E-state index contributed by atoms with van der Waals surface area (Å²) in [6, 6.07) is 4.53. The van der Waals surface area contributed by atoms with Gasteiger partial charge in [0.05, 0.1) is 24.5 Å². The molecule has 3 N–H and O–H groups in total. The molecule has 7 nitrogen and oxygen atoms in total. The molecule has 3 rings (SSSR count). The second-order valence-electron chi connectivity index (χ2n) is 9.27. The van der Waals surface area contributed by atoms with Crippen LogP contribution in [-0.4, -0.2) is 53.5 Å². The van der Waals surface area contributed by atoms with Crippen LogP contribution < -0.4 is 10.6 Å². The van der Waals surface area contributed by atoms with Crippen LogP contribution in [-0.2, 0) is 14.4 Å². The van der Waals surface area contributed by atoms with Gasteiger partial charge in [0, 0.05) is 18.7 Å². The molecule has 0 unspecified atom stereocenters. The third kappa shape index (κ3) is 4.56. The number of carbonyl (C=O) groups excluding carboxylic acids is 3. The van der Waals surface area contributed by atoms with Gasteiger partial charge in [-0.15, -0.1) is 0 Å². The summed E-state index contributed by atoms with van der Waals surface area (Å²) >= 11 is 0. The van der Waals surface area contributed by atoms with E-state index >= 15 is 0 Å². The molecule has 0 bridgehead atoms. The van der Waals surface area contributed by atoms with Crippen molar-refractivity contribution in [3.8, 4) is 0 Å². The number of likely N-dealkylation sites (tertiary alicyclic amines) is 1. The van der Waals surface area contributed by atoms with Crippen molar-refractivity contribution in [2.75, 3.05) is 19.0 Å². The van der Waals surface area contributed by atoms with E-state index in [0.29, 0.717) is 6.42 Å². The van der Waals surface area contributed by atoms with Crippen LogP contribution in [0.4, 0.5) is 5.69 Å². The third-order valence-corrected chi connectivity index (χ3v) is 7.29. The molecule has 7 heteroatoms. The maximum absolute atomic E-state index is 13.8. The van der Waals surface area contributed by atoms with Crippen LogP contribution in [0.15, 0.2) is 30.4 Å². The van der Waals surface area contributed by atoms with E-state index in [0.717, 1.165) is 29.7 Å². The van der Waals surface area contributed by atoms with Crippen molar-refractivity contribution in [2.24, 2.45) is 23.7 Å². The number of nitrogens with one attached hydrogen (secondary N) is 2. The van der Waals surface area contributed by atoms with Crippen molar-refractivity contribution in [2.45, 2.75) is 59.0 Å². The Morgan fingerprint density at radius 2 is 1.79 bits per heavy atom. The highest BCUT2D eigenvalue weighted by atomic mass is 16.3. The lowest BCUT2D eigenvalue weighted by Crippen LogP contribution is -2.50. The Balaban J connectivity index is 2.06. The summed E-state index contributed by atoms with van der Waals surface area (Å²) in [5.74, 6) is -2.32. The number of carbonyl (C=O) groups is 3. The zero-order valence-corrected chi connectivity index (χ0v) is 20.3. The third-order valence-electron chi connectivity index (χ3n) is 7.29. The number of aryl methyl sites for hydroxylation is 2. The second-order valence-corrected chi connectivity index (χ2v) is 9.27. The van der Waals surface area contributed by atoms with Crippen LogP contribution in [0.1, 0.15) is 44.2 Å². The van der Waals surface area contributed by atoms with Crippen LogP contribution >= 0.6 is 0 Å². The molecular formula is C26H37N3O4. The van der Waals surface area contributed by atoms with E-state index in [1.807, 2.05) is 51.1 Å². The molecule has 0 spiro atoms. The van der Waals surface area contributed by atoms with Crippen molar-refractivity contribution in [3.63, 3.8) is 0 Å². The summed E-state index contributed by atoms with van der Waals surface area (Å²) in [4.78, 5) is 42.0. The lowest BCUT2D eigenvalue weighted by molar-refractivity contribution is -0.142. The number of fused-ring (bicyclic) bond motifs is 1. The topological polar surface area (TPSA) is 98.7 Å². The number of hydrogen-bond donors (Lipinski definition) is 3. The van der Waals surface area contributed by atoms with Crippen LogP contribution in [0.25, 0.3) is 0 Å². The van der Waals surface area contributed by atoms with Crippen LogP contribution in [0.5, 0.6) is 0 Å². The first-order valence-electron chi connectivity index (χ1n) is 12.0. The minimum atomic E-state index is -0.787. The second kappa shape index (κ2) is 10.5. The highest BCUT2D eigenvalue weighted by Gasteiger charge is 2.58. The van der Waals surface area contributed by atoms with Gasteiger partial charge in [-0.2, -0.15) is 0 Å². The van der Waals surface area contributed by atoms with Crippen molar-refractivity contribution in [3.05, 3.63) is 41.5 Å². The zero-order chi connectivity index (χ0) is 24.3. The largest absolute Gasteiger partial charge is 0.394 e. The van der Waals surface area contributed by atoms with Gasteiger partial charge in [-0.1, -0.05) is 50.6 Å². The SMILES string of the molecule is CCC[C@@H]1C=C[C@H]2[C@@H](C(=O)N([C@@H](CC)CO)[C@@H]2C(=O)Nc2c(C)cccc2C)[C@@H]1C(=O)NC. The van der Waals surface area contributed by atoms with Crippen LogP contribution in [0.3, 0.4) is 0 Å². The van der Waals surface area contributed by atoms with Gasteiger partial charge in [0.2, 0.25) is 17.7 Å². The molecule has 2 aliphatic rings. The number of nitrogens with zero attached hydrogens (tertiary/aromatic N) is 1. The Hall–Kier alpha value is -2.67. The molecule has 1 heterocycles. The molecule has 0 aromatic heterocycles. The van der Waals surface area contributed by atoms with E-state index in [9.17, 15) is 19.5 Å². The number of allylic oxidation sites excluding steroid dienone is 1. The van der Waals surface area contributed by atoms with Crippen molar-refractivity contribution in [1.29, 1.82) is 0 Å². The predicted molar refractivity (Wildman–Crippen MR) is 128 cm³/mol. The standard InChI is InChI=1S/C26H37N3O4/c1-6-9-17-12-13-19-21(20(17)24(31)27-5)26(33)29(18(7-2)14-30)23(19)25(32)28-22-15(3)10-8-11-16(22)4/h8,10-13,17-21,23,30H,6-7,9,14H2,1-5H3,(H,27,31)(H,28,32)/t17-,18+,19+,20-,21-,23+/m1/s1. The smallest absolute Gasteiger partial charge is 0.247 e. The van der Waals surface area contributed by atoms with Gasteiger partial charge in [0.15, 0.2) is 0 Å². The minimum absolute atomic E-state index is 0.0587. The molecule has 1 saturated heterocycles. The maximum atomic E-state index is 13.8. The fourth-order valence-electron chi connectivity index (χ4n) is 5.59. The Morgan fingerprint density at radius 3 is 2.33 bits per heavy atom. The number of amides is 3. The molecule has 33 heavy (non-hydrogen) atoms. The normalized spacial score (nSPS) is 27.3. The first-order valence-corrected chi connectivity index (χ1v) is 12.0. The number of hydrogen-bond acceptors (Lipinski definition) is 4. The van der Waals surface area contributed by atoms with Gasteiger partial charge in [0.1, 0.15) is 6.04 Å². The van der Waals surface area contributed by atoms with Crippen LogP contribution in [0.2, 0.25) is 0 Å². The van der Waals surface area contributed by atoms with E-state index in [4.69, 9.17) is 0 Å². The van der Waals surface area contributed by atoms with E-state index in [2.05, 4.69) is 17.6 Å². The van der Waals surface area contributed by atoms with Gasteiger partial charge >= 0.3 is 0 Å². The summed E-state index contributed by atoms with van der Waals surface area (Å²) in [5.41, 5.74) is 2.62. The Morgan fingerprint density at radius 1 is 1.12 bits per heavy atom. The highest BCUT2D eigenvalue weighted by Crippen LogP contribution is 2.46. The summed E-state index contributed by atoms with van der Waals surface area (Å²) in [7, 11) is 1.59. The predicted octanol–water partition coefficient (Wildman–Crippen LogP) is 2.80. The first-order chi connectivity index (χ1) is 15.8. The summed E-state index contributed by atoms with van der Waals surface area (Å²) in [6.07, 6.45) is 6.17. The van der Waals surface area contributed by atoms with Crippen molar-refractivity contribution in [1.82, 2.24) is 10.2 Å². The lowest BCUT2D eigenvalue weighted by atomic mass is 9.68. The fraction of sp³-hybridized carbons (Fsp3) is 0.577. The Kier molecular flexibility index (Phi) is 7.95.